The fourth-order valence-corrected chi connectivity index (χ4v) is 2.75. The van der Waals surface area contributed by atoms with E-state index in [9.17, 15) is 9.59 Å². The number of hydrogen-bond acceptors (Lipinski definition) is 4. The lowest BCUT2D eigenvalue weighted by molar-refractivity contribution is 0.0696. The van der Waals surface area contributed by atoms with Crippen LogP contribution in [0.4, 0.5) is 0 Å². The van der Waals surface area contributed by atoms with Crippen LogP contribution < -0.4 is 5.56 Å². The molecule has 0 saturated carbocycles. The van der Waals surface area contributed by atoms with E-state index >= 15 is 0 Å². The highest BCUT2D eigenvalue weighted by Gasteiger charge is 2.05. The van der Waals surface area contributed by atoms with Crippen LogP contribution in [0.1, 0.15) is 32.7 Å². The minimum atomic E-state index is -0.960. The summed E-state index contributed by atoms with van der Waals surface area (Å²) in [5, 5.41) is 18.0. The van der Waals surface area contributed by atoms with E-state index in [2.05, 4.69) is 4.98 Å². The summed E-state index contributed by atoms with van der Waals surface area (Å²) in [6.07, 6.45) is 4.44. The zero-order chi connectivity index (χ0) is 19.2. The first kappa shape index (κ1) is 18.1. The van der Waals surface area contributed by atoms with Gasteiger partial charge in [-0.15, -0.1) is 0 Å². The molecule has 0 unspecified atom stereocenters. The predicted octanol–water partition coefficient (Wildman–Crippen LogP) is 2.65. The summed E-state index contributed by atoms with van der Waals surface area (Å²) in [5.74, 6) is -0.960. The maximum atomic E-state index is 11.9. The molecule has 0 spiro atoms. The quantitative estimate of drug-likeness (QED) is 0.730. The van der Waals surface area contributed by atoms with E-state index in [0.717, 1.165) is 23.2 Å². The van der Waals surface area contributed by atoms with Crippen molar-refractivity contribution < 1.29 is 9.90 Å². The Morgan fingerprint density at radius 2 is 1.81 bits per heavy atom. The van der Waals surface area contributed by atoms with Crippen LogP contribution in [0.25, 0.3) is 0 Å². The summed E-state index contributed by atoms with van der Waals surface area (Å²) in [4.78, 5) is 27.1. The van der Waals surface area contributed by atoms with E-state index in [1.165, 1.54) is 29.0 Å². The van der Waals surface area contributed by atoms with E-state index in [0.29, 0.717) is 18.5 Å². The van der Waals surface area contributed by atoms with Crippen LogP contribution in [0.15, 0.2) is 65.7 Å². The number of pyridine rings is 2. The zero-order valence-corrected chi connectivity index (χ0v) is 14.5. The number of aromatic nitrogens is 2. The van der Waals surface area contributed by atoms with Gasteiger partial charge in [-0.05, 0) is 42.2 Å². The lowest BCUT2D eigenvalue weighted by Crippen LogP contribution is -2.19. The van der Waals surface area contributed by atoms with Crippen molar-refractivity contribution in [2.45, 2.75) is 19.4 Å². The van der Waals surface area contributed by atoms with Gasteiger partial charge in [-0.1, -0.05) is 24.3 Å². The van der Waals surface area contributed by atoms with Gasteiger partial charge >= 0.3 is 5.97 Å². The minimum absolute atomic E-state index is 0.150. The number of aromatic carboxylic acids is 1. The molecular formula is C21H17N3O3. The SMILES string of the molecule is N#Cc1ccc(=O)n(Cc2ccc(CCc3cc(C(=O)O)ccn3)cc2)c1. The second-order valence-corrected chi connectivity index (χ2v) is 6.15. The van der Waals surface area contributed by atoms with Crippen LogP contribution in [0, 0.1) is 11.3 Å². The highest BCUT2D eigenvalue weighted by Crippen LogP contribution is 2.10. The Balaban J connectivity index is 1.66. The van der Waals surface area contributed by atoms with Gasteiger partial charge in [-0.2, -0.15) is 5.26 Å². The molecule has 6 nitrogen and oxygen atoms in total. The Morgan fingerprint density at radius 3 is 2.52 bits per heavy atom. The van der Waals surface area contributed by atoms with Crippen molar-refractivity contribution in [3.05, 3.63) is 99.2 Å². The van der Waals surface area contributed by atoms with Gasteiger partial charge in [-0.25, -0.2) is 4.79 Å². The molecule has 3 aromatic rings. The first-order valence-corrected chi connectivity index (χ1v) is 8.42. The van der Waals surface area contributed by atoms with E-state index in [1.807, 2.05) is 30.3 Å². The molecule has 0 fully saturated rings. The Hall–Kier alpha value is -3.72. The highest BCUT2D eigenvalue weighted by atomic mass is 16.4. The summed E-state index contributed by atoms with van der Waals surface area (Å²) < 4.78 is 1.51. The molecule has 1 aromatic carbocycles. The van der Waals surface area contributed by atoms with Gasteiger partial charge in [0.05, 0.1) is 17.7 Å². The Bertz CT molecular complexity index is 1060. The van der Waals surface area contributed by atoms with Gasteiger partial charge in [-0.3, -0.25) is 9.78 Å². The molecular weight excluding hydrogens is 342 g/mol. The van der Waals surface area contributed by atoms with Crippen LogP contribution in [-0.2, 0) is 19.4 Å². The number of rotatable bonds is 6. The van der Waals surface area contributed by atoms with E-state index < -0.39 is 5.97 Å². The molecule has 27 heavy (non-hydrogen) atoms. The second-order valence-electron chi connectivity index (χ2n) is 6.15. The zero-order valence-electron chi connectivity index (χ0n) is 14.5. The monoisotopic (exact) mass is 359 g/mol. The molecule has 2 aromatic heterocycles. The Morgan fingerprint density at radius 1 is 1.07 bits per heavy atom. The first-order valence-electron chi connectivity index (χ1n) is 8.42. The number of hydrogen-bond donors (Lipinski definition) is 1. The predicted molar refractivity (Wildman–Crippen MR) is 99.6 cm³/mol. The van der Waals surface area contributed by atoms with Crippen LogP contribution in [0.3, 0.4) is 0 Å². The summed E-state index contributed by atoms with van der Waals surface area (Å²) >= 11 is 0. The molecule has 1 N–H and O–H groups in total. The number of carboxylic acid groups (broad SMARTS) is 1. The van der Waals surface area contributed by atoms with Gasteiger partial charge in [0.2, 0.25) is 0 Å². The number of nitrogens with zero attached hydrogens (tertiary/aromatic N) is 3. The molecule has 0 bridgehead atoms. The number of nitriles is 1. The Labute approximate surface area is 156 Å². The van der Waals surface area contributed by atoms with Gasteiger partial charge in [0.25, 0.3) is 5.56 Å². The van der Waals surface area contributed by atoms with Gasteiger partial charge < -0.3 is 9.67 Å². The molecule has 3 rings (SSSR count). The smallest absolute Gasteiger partial charge is 0.335 e. The van der Waals surface area contributed by atoms with E-state index in [-0.39, 0.29) is 11.1 Å². The maximum absolute atomic E-state index is 11.9. The molecule has 0 radical (unpaired) electrons. The van der Waals surface area contributed by atoms with Crippen LogP contribution in [0.5, 0.6) is 0 Å². The van der Waals surface area contributed by atoms with Crippen molar-refractivity contribution >= 4 is 5.97 Å². The summed E-state index contributed by atoms with van der Waals surface area (Å²) in [6.45, 7) is 0.400. The van der Waals surface area contributed by atoms with Gasteiger partial charge in [0.15, 0.2) is 0 Å². The lowest BCUT2D eigenvalue weighted by Gasteiger charge is -2.07. The largest absolute Gasteiger partial charge is 0.478 e. The lowest BCUT2D eigenvalue weighted by atomic mass is 10.0. The average molecular weight is 359 g/mol. The fraction of sp³-hybridized carbons (Fsp3) is 0.143. The fourth-order valence-electron chi connectivity index (χ4n) is 2.75. The molecule has 0 aliphatic rings. The molecule has 6 heteroatoms. The Kier molecular flexibility index (Phi) is 5.43. The van der Waals surface area contributed by atoms with Crippen molar-refractivity contribution in [3.63, 3.8) is 0 Å². The van der Waals surface area contributed by atoms with Gasteiger partial charge in [0.1, 0.15) is 6.07 Å². The first-order chi connectivity index (χ1) is 13.0. The van der Waals surface area contributed by atoms with Crippen molar-refractivity contribution in [2.75, 3.05) is 0 Å². The van der Waals surface area contributed by atoms with Crippen molar-refractivity contribution in [1.82, 2.24) is 9.55 Å². The normalized spacial score (nSPS) is 10.3. The molecule has 0 amide bonds. The molecule has 0 aliphatic heterocycles. The number of aryl methyl sites for hydroxylation is 2. The average Bonchev–Trinajstić information content (AvgIpc) is 2.69. The number of carbonyl (C=O) groups is 1. The van der Waals surface area contributed by atoms with E-state index in [1.54, 1.807) is 12.3 Å². The molecule has 0 saturated heterocycles. The van der Waals surface area contributed by atoms with Crippen molar-refractivity contribution in [1.29, 1.82) is 5.26 Å². The number of benzene rings is 1. The van der Waals surface area contributed by atoms with Crippen molar-refractivity contribution in [3.8, 4) is 6.07 Å². The summed E-state index contributed by atoms with van der Waals surface area (Å²) in [5.41, 5.74) is 3.32. The summed E-state index contributed by atoms with van der Waals surface area (Å²) in [6, 6.07) is 15.9. The van der Waals surface area contributed by atoms with Gasteiger partial charge in [0, 0.05) is 24.2 Å². The highest BCUT2D eigenvalue weighted by molar-refractivity contribution is 5.87. The van der Waals surface area contributed by atoms with Crippen LogP contribution in [-0.4, -0.2) is 20.6 Å². The summed E-state index contributed by atoms with van der Waals surface area (Å²) in [7, 11) is 0. The molecule has 0 aliphatic carbocycles. The van der Waals surface area contributed by atoms with Crippen LogP contribution >= 0.6 is 0 Å². The maximum Gasteiger partial charge on any atom is 0.335 e. The third kappa shape index (κ3) is 4.67. The topological polar surface area (TPSA) is 96.0 Å². The third-order valence-corrected chi connectivity index (χ3v) is 4.22. The molecule has 0 atom stereocenters. The van der Waals surface area contributed by atoms with Crippen LogP contribution in [0.2, 0.25) is 0 Å². The number of carboxylic acids is 1. The minimum Gasteiger partial charge on any atom is -0.478 e. The third-order valence-electron chi connectivity index (χ3n) is 4.22. The second kappa shape index (κ2) is 8.11. The molecule has 2 heterocycles. The standard InChI is InChI=1S/C21H17N3O3/c22-12-17-6-8-20(25)24(14-17)13-16-3-1-15(2-4-16)5-7-19-11-18(21(26)27)9-10-23-19/h1-4,6,8-11,14H,5,7,13H2,(H,26,27). The van der Waals surface area contributed by atoms with E-state index in [4.69, 9.17) is 10.4 Å². The van der Waals surface area contributed by atoms with Crippen molar-refractivity contribution in [2.24, 2.45) is 0 Å². The molecule has 134 valence electrons.